The van der Waals surface area contributed by atoms with Crippen LogP contribution in [0.15, 0.2) is 24.3 Å². The van der Waals surface area contributed by atoms with Gasteiger partial charge in [0, 0.05) is 25.0 Å². The number of likely N-dealkylation sites (N-methyl/N-ethyl adjacent to an activating group) is 1. The molecule has 1 aromatic carbocycles. The number of benzene rings is 1. The van der Waals surface area contributed by atoms with Crippen LogP contribution in [0.5, 0.6) is 0 Å². The zero-order chi connectivity index (χ0) is 18.8. The summed E-state index contributed by atoms with van der Waals surface area (Å²) >= 11 is 0. The highest BCUT2D eigenvalue weighted by molar-refractivity contribution is 5.88. The molecule has 0 radical (unpaired) electrons. The number of rotatable bonds is 7. The van der Waals surface area contributed by atoms with Crippen LogP contribution in [0.2, 0.25) is 0 Å². The van der Waals surface area contributed by atoms with Crippen LogP contribution in [-0.2, 0) is 9.53 Å². The standard InChI is InChI=1S/C19H30FN3O2/c1-6-25-16-11-19(21,18(16,2)3)17(24)22-12-15(23(4)5)13-7-9-14(20)10-8-13/h7-10,15-16H,6,11-12,21H2,1-5H3,(H,22,24). The van der Waals surface area contributed by atoms with Crippen LogP contribution in [0.25, 0.3) is 0 Å². The molecule has 0 aromatic heterocycles. The van der Waals surface area contributed by atoms with Crippen molar-refractivity contribution in [2.45, 2.75) is 44.9 Å². The lowest BCUT2D eigenvalue weighted by Gasteiger charge is -2.57. The van der Waals surface area contributed by atoms with Crippen molar-refractivity contribution in [2.24, 2.45) is 11.1 Å². The van der Waals surface area contributed by atoms with Gasteiger partial charge in [-0.3, -0.25) is 4.79 Å². The van der Waals surface area contributed by atoms with Gasteiger partial charge in [-0.15, -0.1) is 0 Å². The molecular weight excluding hydrogens is 321 g/mol. The molecule has 0 saturated heterocycles. The van der Waals surface area contributed by atoms with Crippen LogP contribution in [0.4, 0.5) is 4.39 Å². The average molecular weight is 351 g/mol. The van der Waals surface area contributed by atoms with Gasteiger partial charge in [0.25, 0.3) is 0 Å². The van der Waals surface area contributed by atoms with Crippen LogP contribution in [0.3, 0.4) is 0 Å². The lowest BCUT2D eigenvalue weighted by molar-refractivity contribution is -0.170. The number of amides is 1. The van der Waals surface area contributed by atoms with Gasteiger partial charge in [0.05, 0.1) is 12.1 Å². The van der Waals surface area contributed by atoms with Crippen molar-refractivity contribution < 1.29 is 13.9 Å². The lowest BCUT2D eigenvalue weighted by atomic mass is 9.54. The second kappa shape index (κ2) is 7.40. The Morgan fingerprint density at radius 1 is 1.40 bits per heavy atom. The first kappa shape index (κ1) is 19.8. The van der Waals surface area contributed by atoms with E-state index in [-0.39, 0.29) is 23.9 Å². The van der Waals surface area contributed by atoms with E-state index in [9.17, 15) is 9.18 Å². The van der Waals surface area contributed by atoms with Gasteiger partial charge in [-0.1, -0.05) is 26.0 Å². The first-order valence-electron chi connectivity index (χ1n) is 8.74. The Kier molecular flexibility index (Phi) is 5.86. The highest BCUT2D eigenvalue weighted by atomic mass is 19.1. The van der Waals surface area contributed by atoms with Crippen LogP contribution < -0.4 is 11.1 Å². The van der Waals surface area contributed by atoms with Crippen molar-refractivity contribution >= 4 is 5.91 Å². The van der Waals surface area contributed by atoms with E-state index in [1.807, 2.05) is 39.8 Å². The summed E-state index contributed by atoms with van der Waals surface area (Å²) in [4.78, 5) is 14.7. The van der Waals surface area contributed by atoms with E-state index in [0.29, 0.717) is 19.6 Å². The van der Waals surface area contributed by atoms with Crippen molar-refractivity contribution in [3.05, 3.63) is 35.6 Å². The average Bonchev–Trinajstić information content (AvgIpc) is 2.55. The summed E-state index contributed by atoms with van der Waals surface area (Å²) in [6.07, 6.45) is 0.512. The monoisotopic (exact) mass is 351 g/mol. The number of carbonyl (C=O) groups is 1. The van der Waals surface area contributed by atoms with Gasteiger partial charge in [-0.05, 0) is 38.7 Å². The zero-order valence-electron chi connectivity index (χ0n) is 15.8. The van der Waals surface area contributed by atoms with Crippen molar-refractivity contribution in [2.75, 3.05) is 27.2 Å². The quantitative estimate of drug-likeness (QED) is 0.789. The minimum atomic E-state index is -0.938. The predicted octanol–water partition coefficient (Wildman–Crippen LogP) is 2.08. The normalized spacial score (nSPS) is 26.2. The number of ether oxygens (including phenoxy) is 1. The highest BCUT2D eigenvalue weighted by Crippen LogP contribution is 2.49. The molecule has 0 spiro atoms. The van der Waals surface area contributed by atoms with Crippen LogP contribution in [0.1, 0.15) is 38.8 Å². The van der Waals surface area contributed by atoms with E-state index >= 15 is 0 Å². The maximum atomic E-state index is 13.1. The third-order valence-electron chi connectivity index (χ3n) is 5.57. The minimum Gasteiger partial charge on any atom is -0.378 e. The smallest absolute Gasteiger partial charge is 0.240 e. The SMILES string of the molecule is CCOC1CC(N)(C(=O)NCC(c2ccc(F)cc2)N(C)C)C1(C)C. The Labute approximate surface area is 149 Å². The summed E-state index contributed by atoms with van der Waals surface area (Å²) in [5, 5.41) is 2.98. The van der Waals surface area contributed by atoms with E-state index in [1.165, 1.54) is 12.1 Å². The molecule has 2 rings (SSSR count). The fraction of sp³-hybridized carbons (Fsp3) is 0.632. The minimum absolute atomic E-state index is 0.00463. The molecule has 1 saturated carbocycles. The van der Waals surface area contributed by atoms with E-state index in [2.05, 4.69) is 5.32 Å². The summed E-state index contributed by atoms with van der Waals surface area (Å²) in [5.74, 6) is -0.438. The Morgan fingerprint density at radius 2 is 2.00 bits per heavy atom. The number of carbonyl (C=O) groups excluding carboxylic acids is 1. The van der Waals surface area contributed by atoms with Crippen molar-refractivity contribution in [3.63, 3.8) is 0 Å². The molecule has 0 bridgehead atoms. The molecule has 1 amide bonds. The predicted molar refractivity (Wildman–Crippen MR) is 96.6 cm³/mol. The van der Waals surface area contributed by atoms with Crippen LogP contribution >= 0.6 is 0 Å². The van der Waals surface area contributed by atoms with Crippen LogP contribution in [0, 0.1) is 11.2 Å². The molecule has 3 atom stereocenters. The first-order chi connectivity index (χ1) is 11.6. The highest BCUT2D eigenvalue weighted by Gasteiger charge is 2.62. The fourth-order valence-corrected chi connectivity index (χ4v) is 3.45. The molecule has 25 heavy (non-hydrogen) atoms. The third kappa shape index (κ3) is 3.71. The van der Waals surface area contributed by atoms with E-state index in [0.717, 1.165) is 5.56 Å². The van der Waals surface area contributed by atoms with Gasteiger partial charge in [0.1, 0.15) is 11.4 Å². The van der Waals surface area contributed by atoms with Crippen molar-refractivity contribution in [3.8, 4) is 0 Å². The fourth-order valence-electron chi connectivity index (χ4n) is 3.45. The summed E-state index contributed by atoms with van der Waals surface area (Å²) in [6.45, 7) is 6.90. The van der Waals surface area contributed by atoms with Gasteiger partial charge in [0.15, 0.2) is 0 Å². The summed E-state index contributed by atoms with van der Waals surface area (Å²) in [5.41, 5.74) is 5.99. The van der Waals surface area contributed by atoms with Gasteiger partial charge in [-0.2, -0.15) is 0 Å². The van der Waals surface area contributed by atoms with Gasteiger partial charge >= 0.3 is 0 Å². The van der Waals surface area contributed by atoms with E-state index in [1.54, 1.807) is 12.1 Å². The Balaban J connectivity index is 2.03. The molecule has 140 valence electrons. The largest absolute Gasteiger partial charge is 0.378 e. The summed E-state index contributed by atoms with van der Waals surface area (Å²) < 4.78 is 18.8. The Morgan fingerprint density at radius 3 is 2.48 bits per heavy atom. The zero-order valence-corrected chi connectivity index (χ0v) is 15.8. The molecule has 1 aromatic rings. The molecule has 1 aliphatic rings. The number of nitrogens with one attached hydrogen (secondary N) is 1. The second-order valence-corrected chi connectivity index (χ2v) is 7.58. The molecule has 5 nitrogen and oxygen atoms in total. The van der Waals surface area contributed by atoms with Crippen molar-refractivity contribution in [1.82, 2.24) is 10.2 Å². The molecule has 1 aliphatic carbocycles. The number of halogens is 1. The molecule has 6 heteroatoms. The maximum Gasteiger partial charge on any atom is 0.240 e. The molecule has 1 fully saturated rings. The van der Waals surface area contributed by atoms with E-state index < -0.39 is 11.0 Å². The molecule has 0 heterocycles. The summed E-state index contributed by atoms with van der Waals surface area (Å²) in [6, 6.07) is 6.28. The topological polar surface area (TPSA) is 67.6 Å². The Bertz CT molecular complexity index is 603. The maximum absolute atomic E-state index is 13.1. The first-order valence-corrected chi connectivity index (χ1v) is 8.74. The number of hydrogen-bond acceptors (Lipinski definition) is 4. The van der Waals surface area contributed by atoms with Gasteiger partial charge in [0.2, 0.25) is 5.91 Å². The van der Waals surface area contributed by atoms with E-state index in [4.69, 9.17) is 10.5 Å². The number of hydrogen-bond donors (Lipinski definition) is 2. The van der Waals surface area contributed by atoms with Crippen LogP contribution in [-0.4, -0.2) is 49.7 Å². The summed E-state index contributed by atoms with van der Waals surface area (Å²) in [7, 11) is 3.85. The molecular formula is C19H30FN3O2. The third-order valence-corrected chi connectivity index (χ3v) is 5.57. The van der Waals surface area contributed by atoms with Gasteiger partial charge in [-0.25, -0.2) is 4.39 Å². The number of nitrogens with zero attached hydrogens (tertiary/aromatic N) is 1. The second-order valence-electron chi connectivity index (χ2n) is 7.58. The van der Waals surface area contributed by atoms with Crippen molar-refractivity contribution in [1.29, 1.82) is 0 Å². The molecule has 0 aliphatic heterocycles. The number of nitrogens with two attached hydrogens (primary N) is 1. The lowest BCUT2D eigenvalue weighted by Crippen LogP contribution is -2.76. The molecule has 3 N–H and O–H groups in total. The van der Waals surface area contributed by atoms with Gasteiger partial charge < -0.3 is 20.7 Å². The molecule has 3 unspecified atom stereocenters. The Hall–Kier alpha value is -1.50.